The Hall–Kier alpha value is -0.580. The van der Waals surface area contributed by atoms with Crippen molar-refractivity contribution in [2.45, 2.75) is 38.8 Å². The van der Waals surface area contributed by atoms with E-state index in [4.69, 9.17) is 0 Å². The normalized spacial score (nSPS) is 13.0. The van der Waals surface area contributed by atoms with E-state index in [1.165, 1.54) is 5.56 Å². The standard InChI is InChI=1S/C14H24N2OS/c1-10(2)7-15-8-13(17)9-18-14-6-11(3)5-12(4)16-14/h5-6,10,13,15,17H,7-9H2,1-4H3. The van der Waals surface area contributed by atoms with Gasteiger partial charge in [0.05, 0.1) is 11.1 Å². The lowest BCUT2D eigenvalue weighted by Gasteiger charge is -2.13. The number of aliphatic hydroxyl groups is 1. The lowest BCUT2D eigenvalue weighted by Crippen LogP contribution is -2.31. The molecule has 0 spiro atoms. The fraction of sp³-hybridized carbons (Fsp3) is 0.643. The summed E-state index contributed by atoms with van der Waals surface area (Å²) in [4.78, 5) is 4.45. The highest BCUT2D eigenvalue weighted by Crippen LogP contribution is 2.18. The van der Waals surface area contributed by atoms with Crippen molar-refractivity contribution in [3.05, 3.63) is 23.4 Å². The lowest BCUT2D eigenvalue weighted by atomic mass is 10.2. The zero-order valence-electron chi connectivity index (χ0n) is 11.7. The zero-order chi connectivity index (χ0) is 13.5. The number of hydrogen-bond acceptors (Lipinski definition) is 4. The van der Waals surface area contributed by atoms with E-state index < -0.39 is 0 Å². The highest BCUT2D eigenvalue weighted by molar-refractivity contribution is 7.99. The number of rotatable bonds is 7. The first-order chi connectivity index (χ1) is 8.47. The van der Waals surface area contributed by atoms with Crippen molar-refractivity contribution in [2.24, 2.45) is 5.92 Å². The Kier molecular flexibility index (Phi) is 6.68. The Morgan fingerprint density at radius 1 is 1.28 bits per heavy atom. The van der Waals surface area contributed by atoms with Gasteiger partial charge in [-0.05, 0) is 44.0 Å². The molecule has 102 valence electrons. The second-order valence-electron chi connectivity index (χ2n) is 5.14. The van der Waals surface area contributed by atoms with E-state index in [0.29, 0.717) is 18.2 Å². The van der Waals surface area contributed by atoms with Gasteiger partial charge in [0.25, 0.3) is 0 Å². The second kappa shape index (κ2) is 7.77. The maximum atomic E-state index is 9.85. The largest absolute Gasteiger partial charge is 0.391 e. The molecular weight excluding hydrogens is 244 g/mol. The van der Waals surface area contributed by atoms with Gasteiger partial charge in [-0.1, -0.05) is 13.8 Å². The van der Waals surface area contributed by atoms with Crippen molar-refractivity contribution in [1.82, 2.24) is 10.3 Å². The summed E-state index contributed by atoms with van der Waals surface area (Å²) in [7, 11) is 0. The van der Waals surface area contributed by atoms with Gasteiger partial charge in [-0.3, -0.25) is 0 Å². The number of nitrogens with zero attached hydrogens (tertiary/aromatic N) is 1. The zero-order valence-corrected chi connectivity index (χ0v) is 12.5. The van der Waals surface area contributed by atoms with Gasteiger partial charge in [0.2, 0.25) is 0 Å². The van der Waals surface area contributed by atoms with Gasteiger partial charge < -0.3 is 10.4 Å². The minimum Gasteiger partial charge on any atom is -0.391 e. The molecule has 0 aliphatic heterocycles. The third-order valence-corrected chi connectivity index (χ3v) is 3.49. The van der Waals surface area contributed by atoms with Crippen LogP contribution in [0.3, 0.4) is 0 Å². The molecule has 0 aliphatic rings. The first-order valence-corrected chi connectivity index (χ1v) is 7.43. The van der Waals surface area contributed by atoms with E-state index in [2.05, 4.69) is 43.2 Å². The topological polar surface area (TPSA) is 45.2 Å². The minimum atomic E-state index is -0.323. The highest BCUT2D eigenvalue weighted by Gasteiger charge is 2.06. The first kappa shape index (κ1) is 15.5. The van der Waals surface area contributed by atoms with E-state index >= 15 is 0 Å². The van der Waals surface area contributed by atoms with Crippen LogP contribution in [0.15, 0.2) is 17.2 Å². The third kappa shape index (κ3) is 6.38. The molecule has 0 fully saturated rings. The predicted molar refractivity (Wildman–Crippen MR) is 78.1 cm³/mol. The SMILES string of the molecule is Cc1cc(C)nc(SCC(O)CNCC(C)C)c1. The molecule has 2 N–H and O–H groups in total. The molecule has 1 heterocycles. The molecule has 0 aliphatic carbocycles. The summed E-state index contributed by atoms with van der Waals surface area (Å²) in [5.41, 5.74) is 2.25. The van der Waals surface area contributed by atoms with Crippen molar-refractivity contribution in [1.29, 1.82) is 0 Å². The van der Waals surface area contributed by atoms with E-state index in [0.717, 1.165) is 17.3 Å². The molecule has 1 rings (SSSR count). The van der Waals surface area contributed by atoms with Crippen LogP contribution < -0.4 is 5.32 Å². The molecule has 1 atom stereocenters. The molecule has 1 unspecified atom stereocenters. The summed E-state index contributed by atoms with van der Waals surface area (Å²) >= 11 is 1.61. The number of pyridine rings is 1. The molecular formula is C14H24N2OS. The maximum Gasteiger partial charge on any atom is 0.0966 e. The van der Waals surface area contributed by atoms with Crippen molar-refractivity contribution in [3.8, 4) is 0 Å². The molecule has 1 aromatic heterocycles. The molecule has 0 amide bonds. The molecule has 0 aromatic carbocycles. The molecule has 3 nitrogen and oxygen atoms in total. The monoisotopic (exact) mass is 268 g/mol. The quantitative estimate of drug-likeness (QED) is 0.745. The Bertz CT molecular complexity index is 349. The van der Waals surface area contributed by atoms with Gasteiger partial charge in [0.1, 0.15) is 0 Å². The fourth-order valence-electron chi connectivity index (χ4n) is 1.66. The summed E-state index contributed by atoms with van der Waals surface area (Å²) in [5.74, 6) is 1.30. The van der Waals surface area contributed by atoms with Crippen LogP contribution in [-0.4, -0.2) is 35.0 Å². The predicted octanol–water partition coefficient (Wildman–Crippen LogP) is 2.40. The van der Waals surface area contributed by atoms with Crippen molar-refractivity contribution >= 4 is 11.8 Å². The second-order valence-corrected chi connectivity index (χ2v) is 6.18. The van der Waals surface area contributed by atoms with E-state index in [-0.39, 0.29) is 6.10 Å². The number of aromatic nitrogens is 1. The molecule has 4 heteroatoms. The van der Waals surface area contributed by atoms with Gasteiger partial charge >= 0.3 is 0 Å². The average molecular weight is 268 g/mol. The number of aliphatic hydroxyl groups excluding tert-OH is 1. The minimum absolute atomic E-state index is 0.323. The van der Waals surface area contributed by atoms with Crippen molar-refractivity contribution in [2.75, 3.05) is 18.8 Å². The van der Waals surface area contributed by atoms with Crippen LogP contribution in [0.5, 0.6) is 0 Å². The van der Waals surface area contributed by atoms with Crippen LogP contribution in [0, 0.1) is 19.8 Å². The highest BCUT2D eigenvalue weighted by atomic mass is 32.2. The summed E-state index contributed by atoms with van der Waals surface area (Å²) in [6.07, 6.45) is -0.323. The summed E-state index contributed by atoms with van der Waals surface area (Å²) in [6, 6.07) is 4.12. The lowest BCUT2D eigenvalue weighted by molar-refractivity contribution is 0.194. The van der Waals surface area contributed by atoms with Gasteiger partial charge in [0.15, 0.2) is 0 Å². The molecule has 0 radical (unpaired) electrons. The van der Waals surface area contributed by atoms with E-state index in [1.807, 2.05) is 6.92 Å². The van der Waals surface area contributed by atoms with Gasteiger partial charge in [0, 0.05) is 18.0 Å². The summed E-state index contributed by atoms with van der Waals surface area (Å²) in [6.45, 7) is 9.98. The van der Waals surface area contributed by atoms with Crippen molar-refractivity contribution < 1.29 is 5.11 Å². The third-order valence-electron chi connectivity index (χ3n) is 2.43. The first-order valence-electron chi connectivity index (χ1n) is 6.44. The molecule has 18 heavy (non-hydrogen) atoms. The summed E-state index contributed by atoms with van der Waals surface area (Å²) in [5, 5.41) is 14.1. The summed E-state index contributed by atoms with van der Waals surface area (Å²) < 4.78 is 0. The number of aryl methyl sites for hydroxylation is 2. The number of thioether (sulfide) groups is 1. The van der Waals surface area contributed by atoms with Crippen LogP contribution in [-0.2, 0) is 0 Å². The van der Waals surface area contributed by atoms with Crippen LogP contribution in [0.4, 0.5) is 0 Å². The smallest absolute Gasteiger partial charge is 0.0966 e. The molecule has 0 bridgehead atoms. The number of nitrogens with one attached hydrogen (secondary N) is 1. The Balaban J connectivity index is 2.31. The van der Waals surface area contributed by atoms with Crippen LogP contribution in [0.2, 0.25) is 0 Å². The van der Waals surface area contributed by atoms with Crippen molar-refractivity contribution in [3.63, 3.8) is 0 Å². The Morgan fingerprint density at radius 3 is 2.61 bits per heavy atom. The van der Waals surface area contributed by atoms with E-state index in [1.54, 1.807) is 11.8 Å². The van der Waals surface area contributed by atoms with E-state index in [9.17, 15) is 5.11 Å². The molecule has 0 saturated carbocycles. The van der Waals surface area contributed by atoms with Crippen LogP contribution in [0.25, 0.3) is 0 Å². The van der Waals surface area contributed by atoms with Gasteiger partial charge in [-0.15, -0.1) is 11.8 Å². The Morgan fingerprint density at radius 2 is 2.00 bits per heavy atom. The van der Waals surface area contributed by atoms with Gasteiger partial charge in [-0.25, -0.2) is 4.98 Å². The number of hydrogen-bond donors (Lipinski definition) is 2. The maximum absolute atomic E-state index is 9.85. The van der Waals surface area contributed by atoms with Crippen LogP contribution >= 0.6 is 11.8 Å². The molecule has 1 aromatic rings. The van der Waals surface area contributed by atoms with Crippen LogP contribution in [0.1, 0.15) is 25.1 Å². The Labute approximate surface area is 114 Å². The molecule has 0 saturated heterocycles. The van der Waals surface area contributed by atoms with Gasteiger partial charge in [-0.2, -0.15) is 0 Å². The average Bonchev–Trinajstić information content (AvgIpc) is 2.24. The fourth-order valence-corrected chi connectivity index (χ4v) is 2.62.